The highest BCUT2D eigenvalue weighted by molar-refractivity contribution is 7.88. The second-order valence-corrected chi connectivity index (χ2v) is 6.68. The predicted molar refractivity (Wildman–Crippen MR) is 90.8 cm³/mol. The molecule has 0 bridgehead atoms. The van der Waals surface area contributed by atoms with Crippen molar-refractivity contribution in [2.24, 2.45) is 0 Å². The molecule has 0 aromatic heterocycles. The molecule has 22 heavy (non-hydrogen) atoms. The summed E-state index contributed by atoms with van der Waals surface area (Å²) in [4.78, 5) is 2.21. The molecule has 0 radical (unpaired) electrons. The van der Waals surface area contributed by atoms with Gasteiger partial charge in [0.1, 0.15) is 5.82 Å². The first-order valence-corrected chi connectivity index (χ1v) is 8.35. The zero-order valence-electron chi connectivity index (χ0n) is 12.1. The van der Waals surface area contributed by atoms with Crippen LogP contribution in [0.25, 0.3) is 0 Å². The van der Waals surface area contributed by atoms with Gasteiger partial charge in [0.05, 0.1) is 5.75 Å². The van der Waals surface area contributed by atoms with Crippen molar-refractivity contribution < 1.29 is 12.8 Å². The number of nitrogens with one attached hydrogen (secondary N) is 2. The Morgan fingerprint density at radius 2 is 1.91 bits per heavy atom. The lowest BCUT2D eigenvalue weighted by molar-refractivity contribution is 0.245. The first-order valence-electron chi connectivity index (χ1n) is 6.70. The maximum atomic E-state index is 13.0. The molecule has 1 aliphatic heterocycles. The van der Waals surface area contributed by atoms with Gasteiger partial charge in [-0.2, -0.15) is 0 Å². The number of hydrogen-bond donors (Lipinski definition) is 2. The lowest BCUT2D eigenvalue weighted by Crippen LogP contribution is -2.46. The van der Waals surface area contributed by atoms with Gasteiger partial charge in [-0.15, -0.1) is 24.8 Å². The lowest BCUT2D eigenvalue weighted by Gasteiger charge is -2.27. The van der Waals surface area contributed by atoms with E-state index < -0.39 is 15.8 Å². The van der Waals surface area contributed by atoms with Gasteiger partial charge >= 0.3 is 0 Å². The van der Waals surface area contributed by atoms with E-state index in [1.807, 2.05) is 0 Å². The predicted octanol–water partition coefficient (Wildman–Crippen LogP) is 0.994. The van der Waals surface area contributed by atoms with Crippen molar-refractivity contribution in [3.63, 3.8) is 0 Å². The maximum Gasteiger partial charge on any atom is 0.215 e. The Labute approximate surface area is 143 Å². The van der Waals surface area contributed by atoms with Crippen LogP contribution in [-0.4, -0.2) is 52.6 Å². The molecule has 0 saturated carbocycles. The largest absolute Gasteiger partial charge is 0.314 e. The van der Waals surface area contributed by atoms with Gasteiger partial charge in [-0.1, -0.05) is 12.1 Å². The van der Waals surface area contributed by atoms with Gasteiger partial charge in [0.15, 0.2) is 0 Å². The molecule has 1 aromatic rings. The van der Waals surface area contributed by atoms with E-state index in [0.717, 1.165) is 26.2 Å². The first-order chi connectivity index (χ1) is 9.55. The highest BCUT2D eigenvalue weighted by atomic mass is 35.5. The number of halogens is 3. The van der Waals surface area contributed by atoms with Gasteiger partial charge < -0.3 is 5.32 Å². The molecule has 1 saturated heterocycles. The van der Waals surface area contributed by atoms with Crippen molar-refractivity contribution >= 4 is 34.8 Å². The van der Waals surface area contributed by atoms with Crippen molar-refractivity contribution in [1.29, 1.82) is 0 Å². The molecule has 9 heteroatoms. The van der Waals surface area contributed by atoms with E-state index in [4.69, 9.17) is 0 Å². The van der Waals surface area contributed by atoms with Gasteiger partial charge in [-0.25, -0.2) is 17.5 Å². The van der Waals surface area contributed by atoms with Crippen LogP contribution in [0.3, 0.4) is 0 Å². The van der Waals surface area contributed by atoms with E-state index >= 15 is 0 Å². The molecule has 128 valence electrons. The third-order valence-corrected chi connectivity index (χ3v) is 4.56. The monoisotopic (exact) mass is 373 g/mol. The lowest BCUT2D eigenvalue weighted by atomic mass is 10.2. The van der Waals surface area contributed by atoms with Crippen LogP contribution in [-0.2, 0) is 15.8 Å². The van der Waals surface area contributed by atoms with Crippen molar-refractivity contribution in [2.75, 3.05) is 39.3 Å². The van der Waals surface area contributed by atoms with Crippen molar-refractivity contribution in [3.8, 4) is 0 Å². The molecule has 0 atom stereocenters. The summed E-state index contributed by atoms with van der Waals surface area (Å²) in [5.74, 6) is -0.606. The molecule has 1 aliphatic rings. The van der Waals surface area contributed by atoms with Crippen molar-refractivity contribution in [2.45, 2.75) is 5.75 Å². The number of benzene rings is 1. The third kappa shape index (κ3) is 7.71. The fraction of sp³-hybridized carbons (Fsp3) is 0.538. The highest BCUT2D eigenvalue weighted by Gasteiger charge is 2.13. The number of nitrogens with zero attached hydrogens (tertiary/aromatic N) is 1. The third-order valence-electron chi connectivity index (χ3n) is 3.21. The van der Waals surface area contributed by atoms with Gasteiger partial charge in [0.2, 0.25) is 10.0 Å². The summed E-state index contributed by atoms with van der Waals surface area (Å²) < 4.78 is 39.3. The first kappa shape index (κ1) is 21.6. The molecule has 1 fully saturated rings. The molecule has 2 rings (SSSR count). The molecule has 0 amide bonds. The molecule has 5 nitrogen and oxygen atoms in total. The molecule has 1 aromatic carbocycles. The van der Waals surface area contributed by atoms with Gasteiger partial charge in [-0.05, 0) is 17.7 Å². The summed E-state index contributed by atoms with van der Waals surface area (Å²) in [6, 6.07) is 5.67. The zero-order valence-corrected chi connectivity index (χ0v) is 14.6. The second-order valence-electron chi connectivity index (χ2n) is 4.87. The smallest absolute Gasteiger partial charge is 0.215 e. The summed E-state index contributed by atoms with van der Waals surface area (Å²) >= 11 is 0. The van der Waals surface area contributed by atoms with Crippen LogP contribution in [0, 0.1) is 5.82 Å². The molecular formula is C13H22Cl2FN3O2S. The van der Waals surface area contributed by atoms with Gasteiger partial charge in [-0.3, -0.25) is 4.90 Å². The van der Waals surface area contributed by atoms with Crippen LogP contribution in [0.4, 0.5) is 4.39 Å². The number of hydrogen-bond acceptors (Lipinski definition) is 4. The molecule has 0 aliphatic carbocycles. The quantitative estimate of drug-likeness (QED) is 0.780. The normalized spacial score (nSPS) is 15.7. The van der Waals surface area contributed by atoms with Crippen molar-refractivity contribution in [1.82, 2.24) is 14.9 Å². The summed E-state index contributed by atoms with van der Waals surface area (Å²) in [7, 11) is -3.41. The van der Waals surface area contributed by atoms with Gasteiger partial charge in [0.25, 0.3) is 0 Å². The Hall–Kier alpha value is -0.440. The molecule has 2 N–H and O–H groups in total. The summed E-state index contributed by atoms with van der Waals surface area (Å²) in [6.07, 6.45) is 0. The highest BCUT2D eigenvalue weighted by Crippen LogP contribution is 2.07. The van der Waals surface area contributed by atoms with E-state index in [1.165, 1.54) is 18.2 Å². The van der Waals surface area contributed by atoms with Crippen LogP contribution < -0.4 is 10.0 Å². The van der Waals surface area contributed by atoms with Crippen LogP contribution in [0.5, 0.6) is 0 Å². The SMILES string of the molecule is Cl.Cl.O=S(=O)(Cc1cccc(F)c1)NCCN1CCNCC1. The van der Waals surface area contributed by atoms with Crippen LogP contribution >= 0.6 is 24.8 Å². The summed E-state index contributed by atoms with van der Waals surface area (Å²) in [6.45, 7) is 4.84. The molecule has 0 unspecified atom stereocenters. The van der Waals surface area contributed by atoms with Gasteiger partial charge in [0, 0.05) is 39.3 Å². The average Bonchev–Trinajstić information content (AvgIpc) is 2.39. The standard InChI is InChI=1S/C13H20FN3O2S.2ClH/c14-13-3-1-2-12(10-13)11-20(18,19)16-6-9-17-7-4-15-5-8-17;;/h1-3,10,15-16H,4-9,11H2;2*1H. The maximum absolute atomic E-state index is 13.0. The minimum Gasteiger partial charge on any atom is -0.314 e. The fourth-order valence-electron chi connectivity index (χ4n) is 2.19. The average molecular weight is 374 g/mol. The number of piperazine rings is 1. The van der Waals surface area contributed by atoms with E-state index in [2.05, 4.69) is 14.9 Å². The van der Waals surface area contributed by atoms with E-state index in [0.29, 0.717) is 18.7 Å². The Morgan fingerprint density at radius 3 is 2.55 bits per heavy atom. The summed E-state index contributed by atoms with van der Waals surface area (Å²) in [5.41, 5.74) is 0.458. The molecule has 0 spiro atoms. The van der Waals surface area contributed by atoms with E-state index in [9.17, 15) is 12.8 Å². The minimum atomic E-state index is -3.41. The Kier molecular flexibility index (Phi) is 10.1. The van der Waals surface area contributed by atoms with Crippen LogP contribution in [0.1, 0.15) is 5.56 Å². The Bertz CT molecular complexity index is 540. The fourth-order valence-corrected chi connectivity index (χ4v) is 3.31. The topological polar surface area (TPSA) is 61.4 Å². The number of sulfonamides is 1. The summed E-state index contributed by atoms with van der Waals surface area (Å²) in [5, 5.41) is 3.24. The van der Waals surface area contributed by atoms with Crippen molar-refractivity contribution in [3.05, 3.63) is 35.6 Å². The zero-order chi connectivity index (χ0) is 14.4. The van der Waals surface area contributed by atoms with E-state index in [1.54, 1.807) is 6.07 Å². The molecular weight excluding hydrogens is 352 g/mol. The Balaban J connectivity index is 0.00000220. The van der Waals surface area contributed by atoms with Crippen LogP contribution in [0.15, 0.2) is 24.3 Å². The number of rotatable bonds is 6. The van der Waals surface area contributed by atoms with Crippen LogP contribution in [0.2, 0.25) is 0 Å². The minimum absolute atomic E-state index is 0. The second kappa shape index (κ2) is 10.4. The molecule has 1 heterocycles. The van der Waals surface area contributed by atoms with E-state index in [-0.39, 0.29) is 30.6 Å². The Morgan fingerprint density at radius 1 is 1.23 bits per heavy atom.